The van der Waals surface area contributed by atoms with E-state index in [1.807, 2.05) is 35.2 Å². The summed E-state index contributed by atoms with van der Waals surface area (Å²) >= 11 is 0. The average Bonchev–Trinajstić information content (AvgIpc) is 2.76. The molecule has 0 amide bonds. The average molecular weight is 419 g/mol. The number of pyridine rings is 1. The molecule has 0 aliphatic heterocycles. The van der Waals surface area contributed by atoms with E-state index in [1.165, 1.54) is 96.3 Å². The number of hydrogen-bond donors (Lipinski definition) is 0. The number of aromatic nitrogens is 1. The fourth-order valence-electron chi connectivity index (χ4n) is 3.91. The molecule has 1 aromatic rings. The van der Waals surface area contributed by atoms with Crippen molar-refractivity contribution in [1.29, 1.82) is 0 Å². The minimum atomic E-state index is -0.0486. The summed E-state index contributed by atoms with van der Waals surface area (Å²) in [6.07, 6.45) is 27.7. The van der Waals surface area contributed by atoms with Crippen molar-refractivity contribution >= 4 is 5.97 Å². The van der Waals surface area contributed by atoms with Gasteiger partial charge in [0.2, 0.25) is 0 Å². The Bertz CT molecular complexity index is 489. The van der Waals surface area contributed by atoms with Crippen LogP contribution in [0.4, 0.5) is 0 Å². The Morgan fingerprint density at radius 3 is 1.53 bits per heavy atom. The Morgan fingerprint density at radius 2 is 1.07 bits per heavy atom. The second-order valence-corrected chi connectivity index (χ2v) is 8.74. The number of unbranched alkanes of at least 4 members (excludes halogenated alkanes) is 16. The molecule has 0 atom stereocenters. The smallest absolute Gasteiger partial charge is 0.306 e. The first-order valence-electron chi connectivity index (χ1n) is 12.9. The SMILES string of the molecule is CCCCCCCCCCCCCCCCCCCC(=O)OCC[n+]1ccccc1. The maximum absolute atomic E-state index is 11.8. The van der Waals surface area contributed by atoms with Gasteiger partial charge in [-0.1, -0.05) is 116 Å². The van der Waals surface area contributed by atoms with Crippen molar-refractivity contribution in [3.8, 4) is 0 Å². The number of esters is 1. The maximum atomic E-state index is 11.8. The summed E-state index contributed by atoms with van der Waals surface area (Å²) in [4.78, 5) is 11.8. The number of nitrogens with zero attached hydrogens (tertiary/aromatic N) is 1. The van der Waals surface area contributed by atoms with Gasteiger partial charge in [0.1, 0.15) is 0 Å². The third-order valence-corrected chi connectivity index (χ3v) is 5.87. The van der Waals surface area contributed by atoms with Crippen molar-refractivity contribution in [3.05, 3.63) is 30.6 Å². The molecule has 172 valence electrons. The van der Waals surface area contributed by atoms with Gasteiger partial charge in [0.05, 0.1) is 0 Å². The molecule has 0 N–H and O–H groups in total. The second-order valence-electron chi connectivity index (χ2n) is 8.74. The van der Waals surface area contributed by atoms with E-state index in [0.29, 0.717) is 13.0 Å². The third-order valence-electron chi connectivity index (χ3n) is 5.87. The zero-order chi connectivity index (χ0) is 21.5. The normalized spacial score (nSPS) is 11.0. The molecule has 0 aromatic carbocycles. The summed E-state index contributed by atoms with van der Waals surface area (Å²) in [6.45, 7) is 3.48. The van der Waals surface area contributed by atoms with Crippen LogP contribution in [0.25, 0.3) is 0 Å². The van der Waals surface area contributed by atoms with Crippen molar-refractivity contribution in [1.82, 2.24) is 0 Å². The molecule has 0 radical (unpaired) electrons. The Hall–Kier alpha value is -1.38. The van der Waals surface area contributed by atoms with Crippen molar-refractivity contribution in [3.63, 3.8) is 0 Å². The highest BCUT2D eigenvalue weighted by atomic mass is 16.5. The summed E-state index contributed by atoms with van der Waals surface area (Å²) < 4.78 is 7.35. The summed E-state index contributed by atoms with van der Waals surface area (Å²) in [5, 5.41) is 0. The molecule has 0 unspecified atom stereocenters. The number of carbonyl (C=O) groups is 1. The van der Waals surface area contributed by atoms with Crippen molar-refractivity contribution in [2.45, 2.75) is 129 Å². The molecule has 0 aliphatic rings. The van der Waals surface area contributed by atoms with Gasteiger partial charge in [-0.15, -0.1) is 0 Å². The second kappa shape index (κ2) is 20.9. The zero-order valence-corrected chi connectivity index (χ0v) is 19.8. The standard InChI is InChI=1S/C27H48NO2/c1-2-3-4-5-6-7-8-9-10-11-12-13-14-15-16-17-19-22-27(29)30-26-25-28-23-20-18-21-24-28/h18,20-21,23-24H,2-17,19,22,25-26H2,1H3/q+1. The van der Waals surface area contributed by atoms with E-state index < -0.39 is 0 Å². The van der Waals surface area contributed by atoms with Crippen LogP contribution in [-0.4, -0.2) is 12.6 Å². The van der Waals surface area contributed by atoms with E-state index in [2.05, 4.69) is 6.92 Å². The number of rotatable bonds is 21. The first-order chi connectivity index (χ1) is 14.8. The predicted molar refractivity (Wildman–Crippen MR) is 126 cm³/mol. The van der Waals surface area contributed by atoms with Crippen LogP contribution in [0, 0.1) is 0 Å². The molecule has 0 fully saturated rings. The lowest BCUT2D eigenvalue weighted by Gasteiger charge is -2.04. The van der Waals surface area contributed by atoms with Crippen LogP contribution < -0.4 is 4.57 Å². The van der Waals surface area contributed by atoms with E-state index in [0.717, 1.165) is 19.4 Å². The summed E-state index contributed by atoms with van der Waals surface area (Å²) in [7, 11) is 0. The van der Waals surface area contributed by atoms with Gasteiger partial charge in [0, 0.05) is 18.6 Å². The molecule has 1 rings (SSSR count). The van der Waals surface area contributed by atoms with Gasteiger partial charge in [-0.05, 0) is 6.42 Å². The topological polar surface area (TPSA) is 30.2 Å². The van der Waals surface area contributed by atoms with Gasteiger partial charge in [0.15, 0.2) is 25.5 Å². The summed E-state index contributed by atoms with van der Waals surface area (Å²) in [5.74, 6) is -0.0486. The van der Waals surface area contributed by atoms with Gasteiger partial charge in [-0.3, -0.25) is 4.79 Å². The summed E-state index contributed by atoms with van der Waals surface area (Å²) in [5.41, 5.74) is 0. The van der Waals surface area contributed by atoms with E-state index in [1.54, 1.807) is 0 Å². The summed E-state index contributed by atoms with van der Waals surface area (Å²) in [6, 6.07) is 5.96. The van der Waals surface area contributed by atoms with Gasteiger partial charge >= 0.3 is 5.97 Å². The van der Waals surface area contributed by atoms with Crippen LogP contribution in [-0.2, 0) is 16.1 Å². The maximum Gasteiger partial charge on any atom is 0.306 e. The van der Waals surface area contributed by atoms with Gasteiger partial charge < -0.3 is 4.74 Å². The van der Waals surface area contributed by atoms with Gasteiger partial charge in [-0.2, -0.15) is 0 Å². The molecule has 0 bridgehead atoms. The molecular formula is C27H48NO2+. The fourth-order valence-corrected chi connectivity index (χ4v) is 3.91. The van der Waals surface area contributed by atoms with Crippen LogP contribution in [0.5, 0.6) is 0 Å². The largest absolute Gasteiger partial charge is 0.459 e. The van der Waals surface area contributed by atoms with E-state index in [9.17, 15) is 4.79 Å². The van der Waals surface area contributed by atoms with Crippen LogP contribution in [0.15, 0.2) is 30.6 Å². The molecular weight excluding hydrogens is 370 g/mol. The lowest BCUT2D eigenvalue weighted by atomic mass is 10.0. The molecule has 0 aliphatic carbocycles. The first-order valence-corrected chi connectivity index (χ1v) is 12.9. The Kier molecular flexibility index (Phi) is 18.5. The van der Waals surface area contributed by atoms with E-state index in [-0.39, 0.29) is 5.97 Å². The third kappa shape index (κ3) is 17.5. The lowest BCUT2D eigenvalue weighted by molar-refractivity contribution is -0.697. The minimum absolute atomic E-state index is 0.0486. The Labute approximate surface area is 186 Å². The van der Waals surface area contributed by atoms with E-state index >= 15 is 0 Å². The molecule has 0 saturated carbocycles. The van der Waals surface area contributed by atoms with E-state index in [4.69, 9.17) is 4.74 Å². The zero-order valence-electron chi connectivity index (χ0n) is 19.8. The molecule has 1 aromatic heterocycles. The fraction of sp³-hybridized carbons (Fsp3) is 0.778. The molecule has 3 heteroatoms. The lowest BCUT2D eigenvalue weighted by Crippen LogP contribution is -2.35. The highest BCUT2D eigenvalue weighted by Gasteiger charge is 2.05. The molecule has 3 nitrogen and oxygen atoms in total. The van der Waals surface area contributed by atoms with Crippen LogP contribution >= 0.6 is 0 Å². The van der Waals surface area contributed by atoms with Crippen molar-refractivity contribution in [2.24, 2.45) is 0 Å². The molecule has 0 saturated heterocycles. The van der Waals surface area contributed by atoms with Gasteiger partial charge in [0.25, 0.3) is 0 Å². The Balaban J connectivity index is 1.73. The Morgan fingerprint density at radius 1 is 0.633 bits per heavy atom. The predicted octanol–water partition coefficient (Wildman–Crippen LogP) is 7.56. The highest BCUT2D eigenvalue weighted by molar-refractivity contribution is 5.69. The molecule has 0 spiro atoms. The first kappa shape index (κ1) is 26.7. The minimum Gasteiger partial charge on any atom is -0.459 e. The highest BCUT2D eigenvalue weighted by Crippen LogP contribution is 2.14. The molecule has 30 heavy (non-hydrogen) atoms. The number of ether oxygens (including phenoxy) is 1. The number of carbonyl (C=O) groups excluding carboxylic acids is 1. The number of hydrogen-bond acceptors (Lipinski definition) is 2. The van der Waals surface area contributed by atoms with Gasteiger partial charge in [-0.25, -0.2) is 4.57 Å². The van der Waals surface area contributed by atoms with Crippen LogP contribution in [0.1, 0.15) is 122 Å². The van der Waals surface area contributed by atoms with Crippen LogP contribution in [0.3, 0.4) is 0 Å². The van der Waals surface area contributed by atoms with Crippen molar-refractivity contribution < 1.29 is 14.1 Å². The quantitative estimate of drug-likeness (QED) is 0.117. The monoisotopic (exact) mass is 418 g/mol. The molecule has 1 heterocycles. The van der Waals surface area contributed by atoms with Crippen molar-refractivity contribution in [2.75, 3.05) is 6.61 Å². The van der Waals surface area contributed by atoms with Crippen LogP contribution in [0.2, 0.25) is 0 Å².